The van der Waals surface area contributed by atoms with Gasteiger partial charge in [-0.15, -0.1) is 0 Å². The van der Waals surface area contributed by atoms with Crippen molar-refractivity contribution < 1.29 is 14.8 Å². The van der Waals surface area contributed by atoms with E-state index < -0.39 is 0 Å². The Morgan fingerprint density at radius 2 is 1.71 bits per heavy atom. The Hall–Kier alpha value is -2.53. The number of phenolic OH excluding ortho intramolecular Hbond substituents is 1. The summed E-state index contributed by atoms with van der Waals surface area (Å²) in [4.78, 5) is 16.2. The van der Waals surface area contributed by atoms with Gasteiger partial charge in [0.25, 0.3) is 5.91 Å². The molecule has 2 aromatic carbocycles. The quantitative estimate of drug-likeness (QED) is 0.687. The first kappa shape index (κ1) is 20.2. The molecular weight excluding hydrogens is 350 g/mol. The third-order valence-corrected chi connectivity index (χ3v) is 5.35. The third-order valence-electron chi connectivity index (χ3n) is 5.35. The fourth-order valence-corrected chi connectivity index (χ4v) is 3.88. The molecule has 5 heteroatoms. The number of nitrogens with one attached hydrogen (secondary N) is 2. The van der Waals surface area contributed by atoms with Crippen molar-refractivity contribution in [2.24, 2.45) is 5.92 Å². The summed E-state index contributed by atoms with van der Waals surface area (Å²) in [7, 11) is 0. The molecule has 1 atom stereocenters. The second kappa shape index (κ2) is 9.60. The predicted molar refractivity (Wildman–Crippen MR) is 113 cm³/mol. The molecule has 0 radical (unpaired) electrons. The predicted octanol–water partition coefficient (Wildman–Crippen LogP) is 2.00. The summed E-state index contributed by atoms with van der Waals surface area (Å²) in [6.07, 6.45) is 0.937. The van der Waals surface area contributed by atoms with Crippen LogP contribution < -0.4 is 15.1 Å². The first-order chi connectivity index (χ1) is 13.5. The fourth-order valence-electron chi connectivity index (χ4n) is 3.88. The van der Waals surface area contributed by atoms with Crippen molar-refractivity contribution in [1.82, 2.24) is 5.32 Å². The van der Waals surface area contributed by atoms with E-state index in [1.807, 2.05) is 36.4 Å². The summed E-state index contributed by atoms with van der Waals surface area (Å²) in [6.45, 7) is 8.33. The lowest BCUT2D eigenvalue weighted by molar-refractivity contribution is -0.892. The molecule has 0 saturated carbocycles. The van der Waals surface area contributed by atoms with Crippen molar-refractivity contribution in [3.8, 4) is 5.75 Å². The Morgan fingerprint density at radius 3 is 2.36 bits per heavy atom. The molecule has 1 aliphatic heterocycles. The van der Waals surface area contributed by atoms with E-state index in [0.29, 0.717) is 18.2 Å². The molecule has 150 valence electrons. The molecule has 1 heterocycles. The molecule has 1 saturated heterocycles. The third kappa shape index (κ3) is 5.49. The van der Waals surface area contributed by atoms with Crippen molar-refractivity contribution in [2.75, 3.05) is 37.6 Å². The van der Waals surface area contributed by atoms with E-state index in [4.69, 9.17) is 0 Å². The zero-order valence-corrected chi connectivity index (χ0v) is 16.9. The average Bonchev–Trinajstić information content (AvgIpc) is 2.69. The van der Waals surface area contributed by atoms with Crippen molar-refractivity contribution in [2.45, 2.75) is 26.3 Å². The number of nitrogens with zero attached hydrogens (tertiary/aromatic N) is 1. The Morgan fingerprint density at radius 1 is 1.07 bits per heavy atom. The monoisotopic (exact) mass is 382 g/mol. The number of aromatic hydroxyl groups is 1. The van der Waals surface area contributed by atoms with Crippen molar-refractivity contribution in [3.63, 3.8) is 0 Å². The Kier molecular flexibility index (Phi) is 6.93. The van der Waals surface area contributed by atoms with Gasteiger partial charge in [0.1, 0.15) is 5.75 Å². The number of hydrogen-bond acceptors (Lipinski definition) is 3. The standard InChI is InChI=1S/C23H31N3O2/c1-18(2)16-20(19-8-4-3-5-9-19)24-23(28)17-25-12-14-26(15-13-25)21-10-6-7-11-22(21)27/h3-11,18,20,27H,12-17H2,1-2H3,(H,24,28)/p+1/t20-/m0/s1. The van der Waals surface area contributed by atoms with E-state index in [9.17, 15) is 9.90 Å². The number of para-hydroxylation sites is 2. The summed E-state index contributed by atoms with van der Waals surface area (Å²) >= 11 is 0. The van der Waals surface area contributed by atoms with Gasteiger partial charge in [-0.2, -0.15) is 0 Å². The molecule has 0 unspecified atom stereocenters. The first-order valence-electron chi connectivity index (χ1n) is 10.2. The highest BCUT2D eigenvalue weighted by Gasteiger charge is 2.25. The van der Waals surface area contributed by atoms with Crippen molar-refractivity contribution >= 4 is 11.6 Å². The minimum Gasteiger partial charge on any atom is -0.506 e. The van der Waals surface area contributed by atoms with Crippen LogP contribution in [0.4, 0.5) is 5.69 Å². The van der Waals surface area contributed by atoms with E-state index in [1.165, 1.54) is 10.5 Å². The van der Waals surface area contributed by atoms with E-state index >= 15 is 0 Å². The van der Waals surface area contributed by atoms with Gasteiger partial charge in [0.05, 0.1) is 37.9 Å². The number of carbonyl (C=O) groups excluding carboxylic acids is 1. The van der Waals surface area contributed by atoms with Gasteiger partial charge in [0.15, 0.2) is 6.54 Å². The van der Waals surface area contributed by atoms with Gasteiger partial charge in [-0.3, -0.25) is 4.79 Å². The number of piperazine rings is 1. The molecule has 28 heavy (non-hydrogen) atoms. The highest BCUT2D eigenvalue weighted by Crippen LogP contribution is 2.26. The molecular formula is C23H32N3O2+. The number of anilines is 1. The minimum atomic E-state index is 0.0654. The maximum atomic E-state index is 12.7. The molecule has 3 N–H and O–H groups in total. The van der Waals surface area contributed by atoms with Crippen LogP contribution in [-0.4, -0.2) is 43.7 Å². The SMILES string of the molecule is CC(C)C[C@H](NC(=O)C[NH+]1CCN(c2ccccc2O)CC1)c1ccccc1. The van der Waals surface area contributed by atoms with Gasteiger partial charge in [0.2, 0.25) is 0 Å². The highest BCUT2D eigenvalue weighted by molar-refractivity contribution is 5.77. The van der Waals surface area contributed by atoms with Crippen LogP contribution >= 0.6 is 0 Å². The fraction of sp³-hybridized carbons (Fsp3) is 0.435. The summed E-state index contributed by atoms with van der Waals surface area (Å²) in [6, 6.07) is 17.8. The molecule has 1 amide bonds. The van der Waals surface area contributed by atoms with Crippen LogP contribution in [0.5, 0.6) is 5.75 Å². The van der Waals surface area contributed by atoms with Gasteiger partial charge in [-0.05, 0) is 30.0 Å². The maximum absolute atomic E-state index is 12.7. The van der Waals surface area contributed by atoms with Crippen LogP contribution in [0.15, 0.2) is 54.6 Å². The van der Waals surface area contributed by atoms with Crippen LogP contribution in [0.25, 0.3) is 0 Å². The number of hydrogen-bond donors (Lipinski definition) is 3. The van der Waals surface area contributed by atoms with Gasteiger partial charge < -0.3 is 20.2 Å². The van der Waals surface area contributed by atoms with E-state index in [0.717, 1.165) is 38.3 Å². The average molecular weight is 383 g/mol. The molecule has 1 fully saturated rings. The number of rotatable bonds is 7. The van der Waals surface area contributed by atoms with Gasteiger partial charge in [0, 0.05) is 0 Å². The maximum Gasteiger partial charge on any atom is 0.275 e. The lowest BCUT2D eigenvalue weighted by Crippen LogP contribution is -3.16. The number of carbonyl (C=O) groups is 1. The van der Waals surface area contributed by atoms with Crippen LogP contribution in [0.3, 0.4) is 0 Å². The van der Waals surface area contributed by atoms with Crippen LogP contribution in [-0.2, 0) is 4.79 Å². The molecule has 2 aromatic rings. The van der Waals surface area contributed by atoms with Crippen LogP contribution in [0.2, 0.25) is 0 Å². The molecule has 0 bridgehead atoms. The second-order valence-corrected chi connectivity index (χ2v) is 8.06. The number of benzene rings is 2. The minimum absolute atomic E-state index is 0.0654. The largest absolute Gasteiger partial charge is 0.506 e. The Balaban J connectivity index is 1.53. The topological polar surface area (TPSA) is 57.0 Å². The van der Waals surface area contributed by atoms with Crippen LogP contribution in [0, 0.1) is 5.92 Å². The zero-order valence-electron chi connectivity index (χ0n) is 16.9. The molecule has 5 nitrogen and oxygen atoms in total. The lowest BCUT2D eigenvalue weighted by atomic mass is 9.97. The Bertz CT molecular complexity index is 755. The van der Waals surface area contributed by atoms with Gasteiger partial charge in [-0.25, -0.2) is 0 Å². The van der Waals surface area contributed by atoms with Crippen molar-refractivity contribution in [1.29, 1.82) is 0 Å². The normalized spacial score (nSPS) is 16.2. The second-order valence-electron chi connectivity index (χ2n) is 8.06. The van der Waals surface area contributed by atoms with E-state index in [-0.39, 0.29) is 11.9 Å². The summed E-state index contributed by atoms with van der Waals surface area (Å²) in [5, 5.41) is 13.3. The first-order valence-corrected chi connectivity index (χ1v) is 10.2. The highest BCUT2D eigenvalue weighted by atomic mass is 16.3. The van der Waals surface area contributed by atoms with Gasteiger partial charge >= 0.3 is 0 Å². The molecule has 0 aromatic heterocycles. The number of phenols is 1. The molecule has 1 aliphatic rings. The number of amides is 1. The van der Waals surface area contributed by atoms with Crippen molar-refractivity contribution in [3.05, 3.63) is 60.2 Å². The molecule has 0 spiro atoms. The summed E-state index contributed by atoms with van der Waals surface area (Å²) in [5.41, 5.74) is 2.05. The zero-order chi connectivity index (χ0) is 19.9. The Labute approximate surface area is 168 Å². The van der Waals surface area contributed by atoms with E-state index in [1.54, 1.807) is 6.07 Å². The smallest absolute Gasteiger partial charge is 0.275 e. The molecule has 0 aliphatic carbocycles. The molecule has 3 rings (SSSR count). The van der Waals surface area contributed by atoms with E-state index in [2.05, 4.69) is 36.2 Å². The lowest BCUT2D eigenvalue weighted by Gasteiger charge is -2.33. The van der Waals surface area contributed by atoms with Gasteiger partial charge in [-0.1, -0.05) is 56.3 Å². The number of quaternary nitrogens is 1. The van der Waals surface area contributed by atoms with Crippen LogP contribution in [0.1, 0.15) is 31.9 Å². The summed E-state index contributed by atoms with van der Waals surface area (Å²) in [5.74, 6) is 0.948. The summed E-state index contributed by atoms with van der Waals surface area (Å²) < 4.78 is 0.